The number of carbonyl (C=O) groups excluding carboxylic acids is 2. The normalized spacial score (nSPS) is 11.0. The van der Waals surface area contributed by atoms with Crippen molar-refractivity contribution in [1.29, 1.82) is 0 Å². The molecule has 3 aromatic rings. The van der Waals surface area contributed by atoms with Crippen molar-refractivity contribution in [2.45, 2.75) is 20.3 Å². The molecular weight excluding hydrogens is 454 g/mol. The van der Waals surface area contributed by atoms with Gasteiger partial charge < -0.3 is 10.6 Å². The Morgan fingerprint density at radius 3 is 2.24 bits per heavy atom. The third-order valence-electron chi connectivity index (χ3n) is 4.75. The molecular formula is C23H23F4N5O2. The maximum atomic E-state index is 13.8. The summed E-state index contributed by atoms with van der Waals surface area (Å²) in [6.07, 6.45) is 0.618. The number of aromatic nitrogens is 2. The molecule has 34 heavy (non-hydrogen) atoms. The summed E-state index contributed by atoms with van der Waals surface area (Å²) < 4.78 is 55.0. The van der Waals surface area contributed by atoms with Gasteiger partial charge in [-0.05, 0) is 56.3 Å². The summed E-state index contributed by atoms with van der Waals surface area (Å²) in [6.45, 7) is 3.51. The SMILES string of the molecule is CCCN(CC(=O)Nc1ccc(F)c(F)c1F)CC(=O)Nc1cc(C)nn1-c1ccc(F)cc1. The number of nitrogens with one attached hydrogen (secondary N) is 2. The Kier molecular flexibility index (Phi) is 8.00. The van der Waals surface area contributed by atoms with Crippen LogP contribution in [0.25, 0.3) is 5.69 Å². The molecule has 2 aromatic carbocycles. The van der Waals surface area contributed by atoms with Crippen molar-refractivity contribution in [2.24, 2.45) is 0 Å². The molecule has 0 bridgehead atoms. The highest BCUT2D eigenvalue weighted by Gasteiger charge is 2.19. The van der Waals surface area contributed by atoms with Gasteiger partial charge in [0.15, 0.2) is 17.5 Å². The van der Waals surface area contributed by atoms with E-state index in [1.165, 1.54) is 33.8 Å². The monoisotopic (exact) mass is 477 g/mol. The Morgan fingerprint density at radius 2 is 1.59 bits per heavy atom. The summed E-state index contributed by atoms with van der Waals surface area (Å²) >= 11 is 0. The Labute approximate surface area is 193 Å². The van der Waals surface area contributed by atoms with Crippen LogP contribution in [-0.2, 0) is 9.59 Å². The van der Waals surface area contributed by atoms with Crippen LogP contribution >= 0.6 is 0 Å². The van der Waals surface area contributed by atoms with Crippen molar-refractivity contribution in [2.75, 3.05) is 30.3 Å². The highest BCUT2D eigenvalue weighted by Crippen LogP contribution is 2.20. The number of benzene rings is 2. The third-order valence-corrected chi connectivity index (χ3v) is 4.75. The van der Waals surface area contributed by atoms with E-state index in [1.807, 2.05) is 6.92 Å². The lowest BCUT2D eigenvalue weighted by Crippen LogP contribution is -2.39. The highest BCUT2D eigenvalue weighted by molar-refractivity contribution is 5.94. The number of rotatable bonds is 9. The van der Waals surface area contributed by atoms with E-state index in [1.54, 1.807) is 13.0 Å². The first-order valence-corrected chi connectivity index (χ1v) is 10.5. The van der Waals surface area contributed by atoms with Gasteiger partial charge in [-0.15, -0.1) is 0 Å². The van der Waals surface area contributed by atoms with E-state index in [2.05, 4.69) is 15.7 Å². The molecule has 0 radical (unpaired) electrons. The minimum absolute atomic E-state index is 0.171. The predicted octanol–water partition coefficient (Wildman–Crippen LogP) is 4.03. The zero-order valence-corrected chi connectivity index (χ0v) is 18.5. The van der Waals surface area contributed by atoms with E-state index in [0.29, 0.717) is 36.2 Å². The number of halogens is 4. The van der Waals surface area contributed by atoms with Gasteiger partial charge in [-0.25, -0.2) is 22.2 Å². The molecule has 0 saturated carbocycles. The summed E-state index contributed by atoms with van der Waals surface area (Å²) in [4.78, 5) is 26.5. The van der Waals surface area contributed by atoms with Gasteiger partial charge in [0.25, 0.3) is 0 Å². The first-order valence-electron chi connectivity index (χ1n) is 10.5. The first kappa shape index (κ1) is 24.9. The summed E-state index contributed by atoms with van der Waals surface area (Å²) in [6, 6.07) is 8.85. The number of hydrogen-bond acceptors (Lipinski definition) is 4. The van der Waals surface area contributed by atoms with Crippen molar-refractivity contribution >= 4 is 23.3 Å². The molecule has 180 valence electrons. The standard InChI is InChI=1S/C23H23F4N5O2/c1-3-10-31(12-20(33)28-18-9-8-17(25)22(26)23(18)27)13-21(34)29-19-11-14(2)30-32(19)16-6-4-15(24)5-7-16/h4-9,11H,3,10,12-13H2,1-2H3,(H,28,33)(H,29,34). The summed E-state index contributed by atoms with van der Waals surface area (Å²) in [5, 5.41) is 9.22. The van der Waals surface area contributed by atoms with Gasteiger partial charge >= 0.3 is 0 Å². The smallest absolute Gasteiger partial charge is 0.239 e. The predicted molar refractivity (Wildman–Crippen MR) is 119 cm³/mol. The third kappa shape index (κ3) is 6.19. The molecule has 0 aliphatic rings. The molecule has 3 rings (SSSR count). The van der Waals surface area contributed by atoms with Gasteiger partial charge in [0, 0.05) is 6.07 Å². The summed E-state index contributed by atoms with van der Waals surface area (Å²) in [5.74, 6) is -5.74. The number of hydrogen-bond donors (Lipinski definition) is 2. The summed E-state index contributed by atoms with van der Waals surface area (Å²) in [7, 11) is 0. The fourth-order valence-corrected chi connectivity index (χ4v) is 3.30. The van der Waals surface area contributed by atoms with Crippen molar-refractivity contribution in [3.8, 4) is 5.69 Å². The van der Waals surface area contributed by atoms with E-state index in [4.69, 9.17) is 0 Å². The van der Waals surface area contributed by atoms with Gasteiger partial charge in [-0.3, -0.25) is 14.5 Å². The lowest BCUT2D eigenvalue weighted by molar-refractivity contribution is -0.120. The molecule has 2 amide bonds. The van der Waals surface area contributed by atoms with E-state index in [-0.39, 0.29) is 13.1 Å². The minimum atomic E-state index is -1.68. The van der Waals surface area contributed by atoms with Gasteiger partial charge in [0.1, 0.15) is 11.6 Å². The highest BCUT2D eigenvalue weighted by atomic mass is 19.2. The fraction of sp³-hybridized carbons (Fsp3) is 0.261. The number of amides is 2. The second-order valence-corrected chi connectivity index (χ2v) is 7.59. The number of carbonyl (C=O) groups is 2. The summed E-state index contributed by atoms with van der Waals surface area (Å²) in [5.41, 5.74) is 0.671. The maximum absolute atomic E-state index is 13.8. The first-order chi connectivity index (χ1) is 16.2. The van der Waals surface area contributed by atoms with Crippen LogP contribution in [0, 0.1) is 30.2 Å². The van der Waals surface area contributed by atoms with Gasteiger partial charge in [0.2, 0.25) is 11.8 Å². The Balaban J connectivity index is 1.66. The van der Waals surface area contributed by atoms with Crippen LogP contribution in [0.4, 0.5) is 29.1 Å². The zero-order valence-electron chi connectivity index (χ0n) is 18.5. The van der Waals surface area contributed by atoms with Crippen molar-refractivity contribution in [3.63, 3.8) is 0 Å². The second-order valence-electron chi connectivity index (χ2n) is 7.59. The Hall–Kier alpha value is -3.73. The van der Waals surface area contributed by atoms with Crippen LogP contribution in [0.15, 0.2) is 42.5 Å². The molecule has 1 heterocycles. The van der Waals surface area contributed by atoms with Crippen LogP contribution in [-0.4, -0.2) is 46.1 Å². The van der Waals surface area contributed by atoms with Gasteiger partial charge in [-0.2, -0.15) is 5.10 Å². The Bertz CT molecular complexity index is 1180. The van der Waals surface area contributed by atoms with E-state index in [9.17, 15) is 27.2 Å². The molecule has 7 nitrogen and oxygen atoms in total. The zero-order chi connectivity index (χ0) is 24.8. The van der Waals surface area contributed by atoms with Crippen molar-refractivity contribution < 1.29 is 27.2 Å². The van der Waals surface area contributed by atoms with Crippen LogP contribution in [0.2, 0.25) is 0 Å². The largest absolute Gasteiger partial charge is 0.322 e. The van der Waals surface area contributed by atoms with Crippen molar-refractivity contribution in [3.05, 3.63) is 71.4 Å². The fourth-order valence-electron chi connectivity index (χ4n) is 3.30. The second kappa shape index (κ2) is 10.9. The van der Waals surface area contributed by atoms with Crippen molar-refractivity contribution in [1.82, 2.24) is 14.7 Å². The van der Waals surface area contributed by atoms with Gasteiger partial charge in [0.05, 0.1) is 30.2 Å². The van der Waals surface area contributed by atoms with Gasteiger partial charge in [-0.1, -0.05) is 6.92 Å². The quantitative estimate of drug-likeness (QED) is 0.360. The molecule has 0 unspecified atom stereocenters. The van der Waals surface area contributed by atoms with Crippen LogP contribution in [0.1, 0.15) is 19.0 Å². The molecule has 1 aromatic heterocycles. The number of anilines is 2. The minimum Gasteiger partial charge on any atom is -0.322 e. The molecule has 0 atom stereocenters. The molecule has 0 aliphatic carbocycles. The van der Waals surface area contributed by atoms with Crippen LogP contribution in [0.5, 0.6) is 0 Å². The van der Waals surface area contributed by atoms with E-state index >= 15 is 0 Å². The molecule has 0 saturated heterocycles. The average molecular weight is 477 g/mol. The lowest BCUT2D eigenvalue weighted by Gasteiger charge is -2.21. The Morgan fingerprint density at radius 1 is 0.941 bits per heavy atom. The van der Waals surface area contributed by atoms with E-state index < -0.39 is 40.8 Å². The molecule has 0 fully saturated rings. The maximum Gasteiger partial charge on any atom is 0.239 e. The average Bonchev–Trinajstić information content (AvgIpc) is 3.14. The molecule has 0 spiro atoms. The van der Waals surface area contributed by atoms with E-state index in [0.717, 1.165) is 6.07 Å². The lowest BCUT2D eigenvalue weighted by atomic mass is 10.2. The topological polar surface area (TPSA) is 79.3 Å². The molecule has 0 aliphatic heterocycles. The molecule has 11 heteroatoms. The van der Waals surface area contributed by atoms with Crippen LogP contribution in [0.3, 0.4) is 0 Å². The van der Waals surface area contributed by atoms with Crippen LogP contribution < -0.4 is 10.6 Å². The number of nitrogens with zero attached hydrogens (tertiary/aromatic N) is 3. The number of aryl methyl sites for hydroxylation is 1. The molecule has 2 N–H and O–H groups in total.